The second-order valence-corrected chi connectivity index (χ2v) is 10.9. The van der Waals surface area contributed by atoms with Crippen molar-refractivity contribution >= 4 is 23.0 Å². The van der Waals surface area contributed by atoms with E-state index in [1.165, 1.54) is 0 Å². The number of piperidine rings is 1. The molecule has 40 heavy (non-hydrogen) atoms. The summed E-state index contributed by atoms with van der Waals surface area (Å²) in [7, 11) is 2.15. The van der Waals surface area contributed by atoms with Crippen LogP contribution >= 0.6 is 0 Å². The van der Waals surface area contributed by atoms with Gasteiger partial charge in [0, 0.05) is 61.4 Å². The maximum Gasteiger partial charge on any atom is 0.251 e. The molecule has 1 aromatic carbocycles. The van der Waals surface area contributed by atoms with Gasteiger partial charge in [0.25, 0.3) is 5.91 Å². The van der Waals surface area contributed by atoms with Crippen LogP contribution in [0.4, 0.5) is 11.5 Å². The van der Waals surface area contributed by atoms with Gasteiger partial charge in [-0.2, -0.15) is 0 Å². The average Bonchev–Trinajstić information content (AvgIpc) is 3.00. The van der Waals surface area contributed by atoms with Gasteiger partial charge in [0.1, 0.15) is 5.82 Å². The smallest absolute Gasteiger partial charge is 0.251 e. The SMILES string of the molecule is CCC/C(=C\N(N)C1CCNCC1)c1cnc(NN)c(C(CC)NC(=O)c2ccc(N3CCN(C)CC3)cc2)c1. The predicted octanol–water partition coefficient (Wildman–Crippen LogP) is 3.07. The molecule has 1 aromatic heterocycles. The molecule has 2 fully saturated rings. The van der Waals surface area contributed by atoms with Crippen LogP contribution in [0.2, 0.25) is 0 Å². The van der Waals surface area contributed by atoms with Crippen molar-refractivity contribution in [2.75, 3.05) is 56.6 Å². The number of hydrogen-bond acceptors (Lipinski definition) is 9. The third kappa shape index (κ3) is 7.51. The molecule has 2 saturated heterocycles. The Balaban J connectivity index is 1.52. The Labute approximate surface area is 239 Å². The summed E-state index contributed by atoms with van der Waals surface area (Å²) in [5.41, 5.74) is 7.49. The monoisotopic (exact) mass is 549 g/mol. The Morgan fingerprint density at radius 1 is 1.15 bits per heavy atom. The van der Waals surface area contributed by atoms with Crippen LogP contribution in [-0.4, -0.2) is 73.2 Å². The molecule has 1 amide bonds. The number of nitrogens with zero attached hydrogens (tertiary/aromatic N) is 4. The fraction of sp³-hybridized carbons (Fsp3) is 0.533. The minimum atomic E-state index is -0.260. The summed E-state index contributed by atoms with van der Waals surface area (Å²) in [5.74, 6) is 12.8. The molecule has 0 radical (unpaired) electrons. The number of pyridine rings is 1. The number of likely N-dealkylation sites (N-methyl/N-ethyl adjacent to an activating group) is 1. The molecule has 3 heterocycles. The summed E-state index contributed by atoms with van der Waals surface area (Å²) in [6, 6.07) is 10.0. The van der Waals surface area contributed by atoms with E-state index < -0.39 is 0 Å². The van der Waals surface area contributed by atoms with E-state index in [1.807, 2.05) is 35.5 Å². The van der Waals surface area contributed by atoms with Crippen molar-refractivity contribution < 1.29 is 4.79 Å². The Morgan fingerprint density at radius 2 is 1.85 bits per heavy atom. The van der Waals surface area contributed by atoms with Crippen molar-refractivity contribution in [1.29, 1.82) is 0 Å². The first kappa shape index (κ1) is 29.8. The quantitative estimate of drug-likeness (QED) is 0.212. The summed E-state index contributed by atoms with van der Waals surface area (Å²) in [6.45, 7) is 10.2. The zero-order valence-corrected chi connectivity index (χ0v) is 24.3. The summed E-state index contributed by atoms with van der Waals surface area (Å²) < 4.78 is 0. The first-order chi connectivity index (χ1) is 19.4. The number of piperazine rings is 1. The van der Waals surface area contributed by atoms with Crippen molar-refractivity contribution in [3.8, 4) is 0 Å². The fourth-order valence-corrected chi connectivity index (χ4v) is 5.52. The van der Waals surface area contributed by atoms with Gasteiger partial charge in [0.15, 0.2) is 0 Å². The van der Waals surface area contributed by atoms with E-state index in [0.717, 1.165) is 87.3 Å². The number of allylic oxidation sites excluding steroid dienone is 1. The zero-order chi connectivity index (χ0) is 28.5. The van der Waals surface area contributed by atoms with Gasteiger partial charge in [0.05, 0.1) is 6.04 Å². The van der Waals surface area contributed by atoms with Gasteiger partial charge >= 0.3 is 0 Å². The number of carbonyl (C=O) groups excluding carboxylic acids is 1. The maximum atomic E-state index is 13.3. The Bertz CT molecular complexity index is 1120. The number of aromatic nitrogens is 1. The Hall–Kier alpha value is -3.18. The normalized spacial score (nSPS) is 17.9. The number of nitrogens with one attached hydrogen (secondary N) is 3. The lowest BCUT2D eigenvalue weighted by molar-refractivity contribution is 0.0935. The highest BCUT2D eigenvalue weighted by Crippen LogP contribution is 2.29. The minimum absolute atomic E-state index is 0.117. The Kier molecular flexibility index (Phi) is 10.8. The number of benzene rings is 1. The van der Waals surface area contributed by atoms with E-state index in [4.69, 9.17) is 11.7 Å². The number of nitrogen functional groups attached to an aromatic ring is 1. The van der Waals surface area contributed by atoms with Gasteiger partial charge in [0.2, 0.25) is 0 Å². The van der Waals surface area contributed by atoms with Crippen LogP contribution in [-0.2, 0) is 0 Å². The van der Waals surface area contributed by atoms with Gasteiger partial charge < -0.3 is 30.9 Å². The fourth-order valence-electron chi connectivity index (χ4n) is 5.52. The number of nitrogens with two attached hydrogens (primary N) is 2. The number of anilines is 2. The number of hydrogen-bond donors (Lipinski definition) is 5. The summed E-state index contributed by atoms with van der Waals surface area (Å²) >= 11 is 0. The van der Waals surface area contributed by atoms with E-state index in [-0.39, 0.29) is 11.9 Å². The first-order valence-corrected chi connectivity index (χ1v) is 14.7. The van der Waals surface area contributed by atoms with Crippen LogP contribution in [0.5, 0.6) is 0 Å². The van der Waals surface area contributed by atoms with Crippen LogP contribution in [0.15, 0.2) is 42.7 Å². The third-order valence-corrected chi connectivity index (χ3v) is 8.07. The van der Waals surface area contributed by atoms with Crippen molar-refractivity contribution in [3.05, 3.63) is 59.4 Å². The van der Waals surface area contributed by atoms with E-state index in [9.17, 15) is 4.79 Å². The number of amides is 1. The molecule has 1 unspecified atom stereocenters. The molecule has 2 aliphatic heterocycles. The van der Waals surface area contributed by atoms with Crippen LogP contribution in [0, 0.1) is 0 Å². The topological polar surface area (TPSA) is 128 Å². The van der Waals surface area contributed by atoms with E-state index in [0.29, 0.717) is 23.8 Å². The molecule has 4 rings (SSSR count). The van der Waals surface area contributed by atoms with Crippen molar-refractivity contribution in [2.24, 2.45) is 11.7 Å². The second-order valence-electron chi connectivity index (χ2n) is 10.9. The minimum Gasteiger partial charge on any atom is -0.369 e. The second kappa shape index (κ2) is 14.5. The highest BCUT2D eigenvalue weighted by atomic mass is 16.1. The molecule has 0 aliphatic carbocycles. The van der Waals surface area contributed by atoms with Gasteiger partial charge in [-0.05, 0) is 87.3 Å². The largest absolute Gasteiger partial charge is 0.369 e. The molecule has 10 nitrogen and oxygen atoms in total. The molecular weight excluding hydrogens is 502 g/mol. The van der Waals surface area contributed by atoms with Crippen LogP contribution < -0.4 is 32.6 Å². The highest BCUT2D eigenvalue weighted by Gasteiger charge is 2.22. The van der Waals surface area contributed by atoms with Gasteiger partial charge in [-0.15, -0.1) is 0 Å². The molecule has 2 aromatic rings. The molecule has 0 spiro atoms. The highest BCUT2D eigenvalue weighted by molar-refractivity contribution is 5.95. The van der Waals surface area contributed by atoms with Gasteiger partial charge in [-0.1, -0.05) is 20.3 Å². The number of carbonyl (C=O) groups is 1. The molecule has 2 aliphatic rings. The number of rotatable bonds is 11. The molecule has 7 N–H and O–H groups in total. The Morgan fingerprint density at radius 3 is 2.48 bits per heavy atom. The first-order valence-electron chi connectivity index (χ1n) is 14.7. The van der Waals surface area contributed by atoms with Crippen molar-refractivity contribution in [2.45, 2.75) is 58.0 Å². The molecule has 0 saturated carbocycles. The molecular formula is C30H47N9O. The van der Waals surface area contributed by atoms with E-state index >= 15 is 0 Å². The molecule has 218 valence electrons. The molecule has 0 bridgehead atoms. The maximum absolute atomic E-state index is 13.3. The van der Waals surface area contributed by atoms with E-state index in [1.54, 1.807) is 0 Å². The van der Waals surface area contributed by atoms with Crippen LogP contribution in [0.25, 0.3) is 5.57 Å². The lowest BCUT2D eigenvalue weighted by atomic mass is 9.97. The lowest BCUT2D eigenvalue weighted by Crippen LogP contribution is -2.44. The molecule has 10 heteroatoms. The van der Waals surface area contributed by atoms with Gasteiger partial charge in [-0.3, -0.25) is 4.79 Å². The zero-order valence-electron chi connectivity index (χ0n) is 24.3. The molecule has 1 atom stereocenters. The predicted molar refractivity (Wildman–Crippen MR) is 164 cm³/mol. The van der Waals surface area contributed by atoms with Gasteiger partial charge in [-0.25, -0.2) is 16.7 Å². The third-order valence-electron chi connectivity index (χ3n) is 8.07. The van der Waals surface area contributed by atoms with Crippen molar-refractivity contribution in [1.82, 2.24) is 25.5 Å². The average molecular weight is 550 g/mol. The van der Waals surface area contributed by atoms with E-state index in [2.05, 4.69) is 64.0 Å². The van der Waals surface area contributed by atoms with Crippen molar-refractivity contribution in [3.63, 3.8) is 0 Å². The van der Waals surface area contributed by atoms with Crippen LogP contribution in [0.1, 0.15) is 73.5 Å². The standard InChI is InChI=1S/C30H47N9O/c1-4-6-23(21-39(32)26-11-13-33-14-12-26)24-19-27(29(36-31)34-20-24)28(5-2)35-30(40)22-7-9-25(10-8-22)38-17-15-37(3)16-18-38/h7-10,19-21,26,28,33H,4-6,11-18,31-32H2,1-3H3,(H,34,36)(H,35,40)/b23-21+. The number of hydrazine groups is 2. The summed E-state index contributed by atoms with van der Waals surface area (Å²) in [5, 5.41) is 8.48. The summed E-state index contributed by atoms with van der Waals surface area (Å²) in [4.78, 5) is 22.6. The van der Waals surface area contributed by atoms with Crippen LogP contribution in [0.3, 0.4) is 0 Å². The lowest BCUT2D eigenvalue weighted by Gasteiger charge is -2.34. The summed E-state index contributed by atoms with van der Waals surface area (Å²) in [6.07, 6.45) is 8.49.